The van der Waals surface area contributed by atoms with Gasteiger partial charge in [0.15, 0.2) is 0 Å². The minimum Gasteiger partial charge on any atom is -0.441 e. The van der Waals surface area contributed by atoms with Gasteiger partial charge in [-0.1, -0.05) is 24.9 Å². The van der Waals surface area contributed by atoms with E-state index in [0.29, 0.717) is 43.8 Å². The van der Waals surface area contributed by atoms with Crippen LogP contribution in [0.3, 0.4) is 0 Å². The zero-order valence-corrected chi connectivity index (χ0v) is 21.4. The molecule has 0 radical (unpaired) electrons. The van der Waals surface area contributed by atoms with E-state index < -0.39 is 15.6 Å². The number of sulfonamides is 1. The maximum absolute atomic E-state index is 13.8. The number of ether oxygens (including phenoxy) is 1. The molecule has 1 aromatic carbocycles. The summed E-state index contributed by atoms with van der Waals surface area (Å²) in [5.74, 6) is 0. The molecule has 0 aromatic heterocycles. The maximum atomic E-state index is 13.8. The summed E-state index contributed by atoms with van der Waals surface area (Å²) < 4.78 is 35.3. The maximum Gasteiger partial charge on any atom is 0.410 e. The van der Waals surface area contributed by atoms with Gasteiger partial charge < -0.3 is 14.7 Å². The number of carbonyl (C=O) groups excluding carboxylic acids is 1. The summed E-state index contributed by atoms with van der Waals surface area (Å²) >= 11 is 6.00. The molecule has 10 heteroatoms. The first-order valence-corrected chi connectivity index (χ1v) is 14.2. The van der Waals surface area contributed by atoms with E-state index >= 15 is 0 Å². The number of piperidine rings is 1. The summed E-state index contributed by atoms with van der Waals surface area (Å²) in [4.78, 5) is 17.3. The second-order valence-electron chi connectivity index (χ2n) is 9.64. The summed E-state index contributed by atoms with van der Waals surface area (Å²) in [5.41, 5.74) is -0.752. The van der Waals surface area contributed by atoms with Crippen LogP contribution in [-0.4, -0.2) is 90.7 Å². The highest BCUT2D eigenvalue weighted by Gasteiger charge is 2.59. The molecule has 8 nitrogen and oxygen atoms in total. The van der Waals surface area contributed by atoms with Gasteiger partial charge >= 0.3 is 6.09 Å². The largest absolute Gasteiger partial charge is 0.441 e. The molecule has 1 N–H and O–H groups in total. The van der Waals surface area contributed by atoms with Gasteiger partial charge in [0.2, 0.25) is 10.0 Å². The van der Waals surface area contributed by atoms with Crippen LogP contribution in [0.2, 0.25) is 5.02 Å². The molecule has 2 atom stereocenters. The van der Waals surface area contributed by atoms with Crippen LogP contribution in [-0.2, 0) is 14.8 Å². The molecule has 1 aliphatic carbocycles. The smallest absolute Gasteiger partial charge is 0.410 e. The summed E-state index contributed by atoms with van der Waals surface area (Å²) in [6.45, 7) is 5.66. The Morgan fingerprint density at radius 1 is 1.15 bits per heavy atom. The summed E-state index contributed by atoms with van der Waals surface area (Å²) in [5, 5.41) is 9.52. The lowest BCUT2D eigenvalue weighted by atomic mass is 9.92. The number of amides is 1. The van der Waals surface area contributed by atoms with Crippen molar-refractivity contribution < 1.29 is 23.1 Å². The van der Waals surface area contributed by atoms with Crippen LogP contribution in [0.5, 0.6) is 0 Å². The predicted molar refractivity (Wildman–Crippen MR) is 130 cm³/mol. The number of nitrogens with zero attached hydrogens (tertiary/aromatic N) is 3. The Kier molecular flexibility index (Phi) is 8.09. The van der Waals surface area contributed by atoms with Gasteiger partial charge in [0, 0.05) is 50.4 Å². The molecule has 190 valence electrons. The highest BCUT2D eigenvalue weighted by atomic mass is 35.5. The minimum atomic E-state index is -3.77. The van der Waals surface area contributed by atoms with Gasteiger partial charge in [0.25, 0.3) is 0 Å². The molecule has 1 amide bonds. The first-order chi connectivity index (χ1) is 16.3. The highest BCUT2D eigenvalue weighted by Crippen LogP contribution is 2.50. The van der Waals surface area contributed by atoms with Gasteiger partial charge in [0.1, 0.15) is 5.60 Å². The van der Waals surface area contributed by atoms with Crippen molar-refractivity contribution in [3.8, 4) is 0 Å². The zero-order valence-electron chi connectivity index (χ0n) is 19.9. The second-order valence-corrected chi connectivity index (χ2v) is 11.9. The molecule has 1 aromatic rings. The van der Waals surface area contributed by atoms with Crippen molar-refractivity contribution in [3.05, 3.63) is 29.3 Å². The fourth-order valence-electron chi connectivity index (χ4n) is 5.34. The van der Waals surface area contributed by atoms with E-state index in [0.717, 1.165) is 38.9 Å². The van der Waals surface area contributed by atoms with Crippen molar-refractivity contribution in [2.45, 2.75) is 74.4 Å². The van der Waals surface area contributed by atoms with E-state index in [1.54, 1.807) is 33.5 Å². The Balaban J connectivity index is 1.50. The van der Waals surface area contributed by atoms with Crippen LogP contribution in [0.1, 0.15) is 51.9 Å². The summed E-state index contributed by atoms with van der Waals surface area (Å²) in [7, 11) is -3.77. The molecule has 1 saturated carbocycles. The number of aliphatic hydroxyl groups excluding tert-OH is 1. The van der Waals surface area contributed by atoms with Crippen molar-refractivity contribution in [2.75, 3.05) is 39.3 Å². The number of rotatable bonds is 8. The van der Waals surface area contributed by atoms with Gasteiger partial charge in [-0.2, -0.15) is 4.31 Å². The molecular weight excluding hydrogens is 478 g/mol. The molecular formula is C24H36ClN3O5S. The Labute approximate surface area is 207 Å². The number of aliphatic hydroxyl groups is 1. The molecule has 0 bridgehead atoms. The van der Waals surface area contributed by atoms with Gasteiger partial charge in [0.05, 0.1) is 10.9 Å². The molecule has 2 aliphatic heterocycles. The minimum absolute atomic E-state index is 0.120. The normalized spacial score (nSPS) is 25.8. The quantitative estimate of drug-likeness (QED) is 0.573. The Bertz CT molecular complexity index is 946. The highest BCUT2D eigenvalue weighted by molar-refractivity contribution is 7.89. The van der Waals surface area contributed by atoms with Gasteiger partial charge in [-0.3, -0.25) is 4.90 Å². The van der Waals surface area contributed by atoms with E-state index in [4.69, 9.17) is 21.4 Å². The molecule has 0 spiro atoms. The topological polar surface area (TPSA) is 90.4 Å². The van der Waals surface area contributed by atoms with Crippen LogP contribution in [0, 0.1) is 0 Å². The Morgan fingerprint density at radius 2 is 1.82 bits per heavy atom. The van der Waals surface area contributed by atoms with Crippen molar-refractivity contribution >= 4 is 27.7 Å². The van der Waals surface area contributed by atoms with E-state index in [2.05, 4.69) is 4.90 Å². The van der Waals surface area contributed by atoms with E-state index in [1.165, 1.54) is 0 Å². The van der Waals surface area contributed by atoms with Crippen LogP contribution in [0.15, 0.2) is 29.2 Å². The number of halogens is 1. The average Bonchev–Trinajstić information content (AvgIpc) is 3.63. The van der Waals surface area contributed by atoms with Crippen molar-refractivity contribution in [1.82, 2.24) is 14.1 Å². The van der Waals surface area contributed by atoms with Gasteiger partial charge in [-0.15, -0.1) is 0 Å². The fourth-order valence-corrected chi connectivity index (χ4v) is 7.47. The Hall–Kier alpha value is -1.39. The molecule has 4 rings (SSSR count). The monoisotopic (exact) mass is 513 g/mol. The number of benzene rings is 1. The van der Waals surface area contributed by atoms with Crippen molar-refractivity contribution in [2.24, 2.45) is 0 Å². The van der Waals surface area contributed by atoms with E-state index in [1.807, 2.05) is 6.92 Å². The lowest BCUT2D eigenvalue weighted by Crippen LogP contribution is -2.57. The van der Waals surface area contributed by atoms with Crippen molar-refractivity contribution in [1.29, 1.82) is 0 Å². The zero-order chi connectivity index (χ0) is 24.3. The molecule has 2 saturated heterocycles. The average molecular weight is 514 g/mol. The first-order valence-electron chi connectivity index (χ1n) is 12.4. The van der Waals surface area contributed by atoms with Crippen LogP contribution in [0.25, 0.3) is 0 Å². The summed E-state index contributed by atoms with van der Waals surface area (Å²) in [6, 6.07) is 5.83. The molecule has 0 unspecified atom stereocenters. The molecule has 3 fully saturated rings. The van der Waals surface area contributed by atoms with E-state index in [9.17, 15) is 13.2 Å². The third kappa shape index (κ3) is 5.38. The number of piperazine rings is 1. The van der Waals surface area contributed by atoms with Crippen LogP contribution in [0.4, 0.5) is 4.79 Å². The lowest BCUT2D eigenvalue weighted by molar-refractivity contribution is -0.0142. The predicted octanol–water partition coefficient (Wildman–Crippen LogP) is 3.33. The van der Waals surface area contributed by atoms with E-state index in [-0.39, 0.29) is 29.7 Å². The third-order valence-corrected chi connectivity index (χ3v) is 9.67. The molecule has 3 aliphatic rings. The second kappa shape index (κ2) is 10.7. The molecule has 34 heavy (non-hydrogen) atoms. The third-order valence-electron chi connectivity index (χ3n) is 7.45. The van der Waals surface area contributed by atoms with Crippen LogP contribution >= 0.6 is 11.6 Å². The van der Waals surface area contributed by atoms with Gasteiger partial charge in [-0.25, -0.2) is 13.2 Å². The lowest BCUT2D eigenvalue weighted by Gasteiger charge is -2.44. The number of hydrogen-bond donors (Lipinski definition) is 1. The summed E-state index contributed by atoms with van der Waals surface area (Å²) in [6.07, 6.45) is 4.87. The Morgan fingerprint density at radius 3 is 2.41 bits per heavy atom. The SMILES string of the molecule is CC[C@@H]1CCC[C@H](C2(OC(=O)N3CCN(CCCO)CC3)CC2)N1S(=O)(=O)c1ccc(Cl)cc1. The van der Waals surface area contributed by atoms with Crippen LogP contribution < -0.4 is 0 Å². The van der Waals surface area contributed by atoms with Gasteiger partial charge in [-0.05, 0) is 62.8 Å². The standard InChI is InChI=1S/C24H36ClN3O5S/c1-2-20-5-3-6-22(28(20)34(31,32)21-9-7-19(25)8-10-21)24(11-12-24)33-23(30)27-16-14-26(15-17-27)13-4-18-29/h7-10,20,22,29H,2-6,11-18H2,1H3/t20-,22-/m1/s1. The number of carbonyl (C=O) groups is 1. The fraction of sp³-hybridized carbons (Fsp3) is 0.708. The molecule has 2 heterocycles. The van der Waals surface area contributed by atoms with Crippen molar-refractivity contribution in [3.63, 3.8) is 0 Å². The number of hydrogen-bond acceptors (Lipinski definition) is 6. The first kappa shape index (κ1) is 25.7.